The van der Waals surface area contributed by atoms with Gasteiger partial charge in [0.1, 0.15) is 0 Å². The van der Waals surface area contributed by atoms with Gasteiger partial charge in [-0.3, -0.25) is 4.79 Å². The molecule has 0 radical (unpaired) electrons. The van der Waals surface area contributed by atoms with E-state index < -0.39 is 9.84 Å². The van der Waals surface area contributed by atoms with Crippen LogP contribution in [0.4, 0.5) is 0 Å². The Hall–Kier alpha value is -1.36. The van der Waals surface area contributed by atoms with Crippen LogP contribution < -0.4 is 5.32 Å². The zero-order chi connectivity index (χ0) is 12.3. The van der Waals surface area contributed by atoms with E-state index in [1.807, 2.05) is 18.2 Å². The molecule has 0 bridgehead atoms. The summed E-state index contributed by atoms with van der Waals surface area (Å²) >= 11 is 0. The highest BCUT2D eigenvalue weighted by molar-refractivity contribution is 7.90. The molecule has 0 aliphatic carbocycles. The first-order chi connectivity index (χ1) is 8.05. The third kappa shape index (κ3) is 3.56. The maximum absolute atomic E-state index is 11.9. The molecule has 1 aromatic carbocycles. The summed E-state index contributed by atoms with van der Waals surface area (Å²) in [5, 5.41) is 2.68. The van der Waals surface area contributed by atoms with Crippen LogP contribution in [0.2, 0.25) is 0 Å². The van der Waals surface area contributed by atoms with Crippen LogP contribution in [0.1, 0.15) is 18.4 Å². The molecule has 92 valence electrons. The van der Waals surface area contributed by atoms with E-state index in [0.717, 1.165) is 5.56 Å². The predicted octanol–water partition coefficient (Wildman–Crippen LogP) is 0.880. The van der Waals surface area contributed by atoms with E-state index in [2.05, 4.69) is 5.32 Å². The van der Waals surface area contributed by atoms with Gasteiger partial charge in [-0.1, -0.05) is 30.3 Å². The van der Waals surface area contributed by atoms with Gasteiger partial charge in [-0.15, -0.1) is 0 Å². The van der Waals surface area contributed by atoms with Crippen LogP contribution in [0.3, 0.4) is 0 Å². The Bertz CT molecular complexity index is 496. The summed E-state index contributed by atoms with van der Waals surface area (Å²) in [7, 11) is -3.16. The van der Waals surface area contributed by atoms with Crippen LogP contribution in [-0.4, -0.2) is 26.1 Å². The fourth-order valence-electron chi connectivity index (χ4n) is 2.00. The molecule has 0 spiro atoms. The van der Waals surface area contributed by atoms with Crippen molar-refractivity contribution >= 4 is 15.7 Å². The zero-order valence-corrected chi connectivity index (χ0v) is 10.2. The minimum atomic E-state index is -3.16. The highest BCUT2D eigenvalue weighted by atomic mass is 32.2. The average Bonchev–Trinajstić information content (AvgIpc) is 2.63. The van der Waals surface area contributed by atoms with Crippen molar-refractivity contribution in [2.24, 2.45) is 0 Å². The van der Waals surface area contributed by atoms with Crippen LogP contribution in [0.25, 0.3) is 0 Å². The topological polar surface area (TPSA) is 63.2 Å². The van der Waals surface area contributed by atoms with Crippen molar-refractivity contribution in [2.45, 2.75) is 24.6 Å². The largest absolute Gasteiger partial charge is 0.352 e. The fourth-order valence-corrected chi connectivity index (χ4v) is 3.68. The number of carbonyl (C=O) groups is 1. The Labute approximate surface area is 101 Å². The molecule has 1 atom stereocenters. The molecule has 1 aliphatic rings. The maximum Gasteiger partial charge on any atom is 0.220 e. The van der Waals surface area contributed by atoms with Crippen molar-refractivity contribution in [1.29, 1.82) is 0 Å². The van der Waals surface area contributed by atoms with Crippen molar-refractivity contribution in [1.82, 2.24) is 5.32 Å². The summed E-state index contributed by atoms with van der Waals surface area (Å²) in [6, 6.07) is 8.88. The van der Waals surface area contributed by atoms with Gasteiger partial charge in [-0.05, 0) is 12.0 Å². The molecule has 17 heavy (non-hydrogen) atoms. The van der Waals surface area contributed by atoms with Crippen molar-refractivity contribution in [3.05, 3.63) is 35.9 Å². The monoisotopic (exact) mass is 253 g/mol. The zero-order valence-electron chi connectivity index (χ0n) is 9.43. The Morgan fingerprint density at radius 3 is 2.53 bits per heavy atom. The standard InChI is InChI=1S/C12H15NO3S/c14-12-7-6-11(13-12)9-17(15,16)8-10-4-2-1-3-5-10/h1-5,11H,6-9H2,(H,13,14)/t11-/m0/s1. The second-order valence-corrected chi connectivity index (χ2v) is 6.45. The van der Waals surface area contributed by atoms with E-state index >= 15 is 0 Å². The number of amides is 1. The van der Waals surface area contributed by atoms with Crippen LogP contribution in [0, 0.1) is 0 Å². The summed E-state index contributed by atoms with van der Waals surface area (Å²) in [5.41, 5.74) is 0.789. The van der Waals surface area contributed by atoms with E-state index in [9.17, 15) is 13.2 Å². The first kappa shape index (κ1) is 12.1. The lowest BCUT2D eigenvalue weighted by molar-refractivity contribution is -0.119. The highest BCUT2D eigenvalue weighted by Gasteiger charge is 2.26. The SMILES string of the molecule is O=C1CC[C@@H](CS(=O)(=O)Cc2ccccc2)N1. The van der Waals surface area contributed by atoms with Gasteiger partial charge < -0.3 is 5.32 Å². The van der Waals surface area contributed by atoms with Crippen molar-refractivity contribution in [3.63, 3.8) is 0 Å². The van der Waals surface area contributed by atoms with Crippen molar-refractivity contribution < 1.29 is 13.2 Å². The number of rotatable bonds is 4. The van der Waals surface area contributed by atoms with Gasteiger partial charge >= 0.3 is 0 Å². The predicted molar refractivity (Wildman–Crippen MR) is 65.1 cm³/mol. The molecule has 4 nitrogen and oxygen atoms in total. The Kier molecular flexibility index (Phi) is 3.47. The second-order valence-electron chi connectivity index (χ2n) is 4.34. The molecular formula is C12H15NO3S. The first-order valence-corrected chi connectivity index (χ1v) is 7.41. The lowest BCUT2D eigenvalue weighted by Gasteiger charge is -2.10. The smallest absolute Gasteiger partial charge is 0.220 e. The third-order valence-electron chi connectivity index (χ3n) is 2.77. The van der Waals surface area contributed by atoms with Crippen LogP contribution in [0.15, 0.2) is 30.3 Å². The summed E-state index contributed by atoms with van der Waals surface area (Å²) in [4.78, 5) is 11.0. The summed E-state index contributed by atoms with van der Waals surface area (Å²) < 4.78 is 23.8. The van der Waals surface area contributed by atoms with Crippen LogP contribution in [-0.2, 0) is 20.4 Å². The summed E-state index contributed by atoms with van der Waals surface area (Å²) in [6.07, 6.45) is 1.05. The summed E-state index contributed by atoms with van der Waals surface area (Å²) in [6.45, 7) is 0. The summed E-state index contributed by atoms with van der Waals surface area (Å²) in [5.74, 6) is 0.0262. The van der Waals surface area contributed by atoms with E-state index in [-0.39, 0.29) is 23.5 Å². The van der Waals surface area contributed by atoms with Crippen molar-refractivity contribution in [2.75, 3.05) is 5.75 Å². The molecule has 0 saturated carbocycles. The van der Waals surface area contributed by atoms with E-state index in [1.54, 1.807) is 12.1 Å². The molecular weight excluding hydrogens is 238 g/mol. The van der Waals surface area contributed by atoms with Crippen LogP contribution in [0.5, 0.6) is 0 Å². The molecule has 1 aliphatic heterocycles. The van der Waals surface area contributed by atoms with E-state index in [1.165, 1.54) is 0 Å². The van der Waals surface area contributed by atoms with E-state index in [4.69, 9.17) is 0 Å². The lowest BCUT2D eigenvalue weighted by Crippen LogP contribution is -2.32. The minimum Gasteiger partial charge on any atom is -0.352 e. The first-order valence-electron chi connectivity index (χ1n) is 5.59. The number of carbonyl (C=O) groups excluding carboxylic acids is 1. The van der Waals surface area contributed by atoms with Gasteiger partial charge in [0.05, 0.1) is 11.5 Å². The van der Waals surface area contributed by atoms with Gasteiger partial charge in [0, 0.05) is 12.5 Å². The highest BCUT2D eigenvalue weighted by Crippen LogP contribution is 2.12. The second kappa shape index (κ2) is 4.87. The number of hydrogen-bond acceptors (Lipinski definition) is 3. The number of benzene rings is 1. The third-order valence-corrected chi connectivity index (χ3v) is 4.45. The minimum absolute atomic E-state index is 0.0354. The van der Waals surface area contributed by atoms with E-state index in [0.29, 0.717) is 12.8 Å². The van der Waals surface area contributed by atoms with Crippen LogP contribution >= 0.6 is 0 Å². The molecule has 1 N–H and O–H groups in total. The Morgan fingerprint density at radius 2 is 1.94 bits per heavy atom. The van der Waals surface area contributed by atoms with Crippen molar-refractivity contribution in [3.8, 4) is 0 Å². The number of hydrogen-bond donors (Lipinski definition) is 1. The molecule has 0 unspecified atom stereocenters. The molecule has 1 fully saturated rings. The molecule has 1 amide bonds. The van der Waals surface area contributed by atoms with Gasteiger partial charge in [0.15, 0.2) is 9.84 Å². The number of sulfone groups is 1. The van der Waals surface area contributed by atoms with Gasteiger partial charge in [0.25, 0.3) is 0 Å². The maximum atomic E-state index is 11.9. The molecule has 5 heteroatoms. The lowest BCUT2D eigenvalue weighted by atomic mass is 10.2. The molecule has 2 rings (SSSR count). The molecule has 1 saturated heterocycles. The molecule has 0 aromatic heterocycles. The Morgan fingerprint density at radius 1 is 1.24 bits per heavy atom. The Balaban J connectivity index is 1.98. The quantitative estimate of drug-likeness (QED) is 0.866. The molecule has 1 heterocycles. The van der Waals surface area contributed by atoms with Gasteiger partial charge in [-0.25, -0.2) is 8.42 Å². The average molecular weight is 253 g/mol. The fraction of sp³-hybridized carbons (Fsp3) is 0.417. The van der Waals surface area contributed by atoms with Gasteiger partial charge in [0.2, 0.25) is 5.91 Å². The van der Waals surface area contributed by atoms with Gasteiger partial charge in [-0.2, -0.15) is 0 Å². The molecule has 1 aromatic rings. The normalized spacial score (nSPS) is 20.2. The number of nitrogens with one attached hydrogen (secondary N) is 1.